The van der Waals surface area contributed by atoms with Gasteiger partial charge in [-0.15, -0.1) is 0 Å². The first-order valence-electron chi connectivity index (χ1n) is 5.01. The zero-order valence-electron chi connectivity index (χ0n) is 9.10. The zero-order chi connectivity index (χ0) is 12.3. The number of nitriles is 1. The Bertz CT molecular complexity index is 415. The number of hydrogen-bond acceptors (Lipinski definition) is 1. The smallest absolute Gasteiger partial charge is 0.192 e. The van der Waals surface area contributed by atoms with Crippen LogP contribution in [0.2, 0.25) is 0 Å². The van der Waals surface area contributed by atoms with Gasteiger partial charge in [-0.25, -0.2) is 0 Å². The lowest BCUT2D eigenvalue weighted by Crippen LogP contribution is -2.08. The van der Waals surface area contributed by atoms with Crippen molar-refractivity contribution in [3.63, 3.8) is 0 Å². The van der Waals surface area contributed by atoms with Crippen molar-refractivity contribution in [2.24, 2.45) is 0 Å². The van der Waals surface area contributed by atoms with Gasteiger partial charge in [-0.05, 0) is 30.0 Å². The van der Waals surface area contributed by atoms with Crippen LogP contribution in [-0.2, 0) is 6.18 Å². The van der Waals surface area contributed by atoms with Gasteiger partial charge in [0, 0.05) is 0 Å². The molecule has 86 valence electrons. The molecule has 0 aromatic heterocycles. The number of halogens is 3. The minimum atomic E-state index is -4.46. The van der Waals surface area contributed by atoms with Crippen LogP contribution >= 0.6 is 0 Å². The van der Waals surface area contributed by atoms with Gasteiger partial charge in [0.05, 0.1) is 17.2 Å². The molecule has 0 saturated heterocycles. The molecule has 0 fully saturated rings. The maximum Gasteiger partial charge on any atom is 0.417 e. The summed E-state index contributed by atoms with van der Waals surface area (Å²) in [6, 6.07) is 5.36. The molecule has 4 heteroatoms. The number of nitrogens with zero attached hydrogens (tertiary/aromatic N) is 1. The molecular formula is C12H12F3N. The van der Waals surface area contributed by atoms with Gasteiger partial charge in [-0.3, -0.25) is 0 Å². The zero-order valence-corrected chi connectivity index (χ0v) is 9.10. The Hall–Kier alpha value is -1.50. The molecule has 0 aliphatic heterocycles. The van der Waals surface area contributed by atoms with Gasteiger partial charge in [0.15, 0.2) is 0 Å². The molecule has 1 nitrogen and oxygen atoms in total. The Balaban J connectivity index is 3.24. The van der Waals surface area contributed by atoms with E-state index in [0.717, 1.165) is 18.1 Å². The van der Waals surface area contributed by atoms with Crippen LogP contribution in [-0.4, -0.2) is 0 Å². The quantitative estimate of drug-likeness (QED) is 0.746. The van der Waals surface area contributed by atoms with Crippen LogP contribution in [0.3, 0.4) is 0 Å². The summed E-state index contributed by atoms with van der Waals surface area (Å²) in [6.07, 6.45) is -3.63. The van der Waals surface area contributed by atoms with E-state index in [1.54, 1.807) is 6.07 Å². The van der Waals surface area contributed by atoms with Crippen LogP contribution in [0.1, 0.15) is 42.9 Å². The highest BCUT2D eigenvalue weighted by Gasteiger charge is 2.33. The van der Waals surface area contributed by atoms with Crippen molar-refractivity contribution >= 4 is 0 Å². The van der Waals surface area contributed by atoms with Crippen molar-refractivity contribution < 1.29 is 13.2 Å². The number of benzene rings is 1. The lowest BCUT2D eigenvalue weighted by Gasteiger charge is -2.13. The van der Waals surface area contributed by atoms with Crippen LogP contribution in [0.25, 0.3) is 0 Å². The van der Waals surface area contributed by atoms with E-state index in [0.29, 0.717) is 0 Å². The molecule has 1 atom stereocenters. The SMILES string of the molecule is CCC(C)c1ccc(C(F)(F)F)c(C#N)c1. The molecule has 0 amide bonds. The normalized spacial score (nSPS) is 13.2. The van der Waals surface area contributed by atoms with Crippen molar-refractivity contribution in [2.75, 3.05) is 0 Å². The van der Waals surface area contributed by atoms with E-state index in [-0.39, 0.29) is 11.5 Å². The average Bonchev–Trinajstić information content (AvgIpc) is 2.25. The molecular weight excluding hydrogens is 215 g/mol. The molecule has 0 radical (unpaired) electrons. The average molecular weight is 227 g/mol. The summed E-state index contributed by atoms with van der Waals surface area (Å²) in [6.45, 7) is 3.87. The fourth-order valence-electron chi connectivity index (χ4n) is 1.44. The third-order valence-corrected chi connectivity index (χ3v) is 2.65. The monoisotopic (exact) mass is 227 g/mol. The summed E-state index contributed by atoms with van der Waals surface area (Å²) in [5.74, 6) is 0.161. The number of rotatable bonds is 2. The summed E-state index contributed by atoms with van der Waals surface area (Å²) in [5, 5.41) is 8.71. The molecule has 1 aromatic carbocycles. The Kier molecular flexibility index (Phi) is 3.58. The number of hydrogen-bond donors (Lipinski definition) is 0. The van der Waals surface area contributed by atoms with Crippen molar-refractivity contribution in [3.8, 4) is 6.07 Å². The van der Waals surface area contributed by atoms with Gasteiger partial charge in [0.25, 0.3) is 0 Å². The van der Waals surface area contributed by atoms with E-state index >= 15 is 0 Å². The topological polar surface area (TPSA) is 23.8 Å². The molecule has 1 rings (SSSR count). The number of alkyl halides is 3. The van der Waals surface area contributed by atoms with Gasteiger partial charge < -0.3 is 0 Å². The Labute approximate surface area is 92.5 Å². The van der Waals surface area contributed by atoms with Crippen LogP contribution < -0.4 is 0 Å². The summed E-state index contributed by atoms with van der Waals surface area (Å²) < 4.78 is 37.5. The van der Waals surface area contributed by atoms with Gasteiger partial charge in [-0.2, -0.15) is 18.4 Å². The van der Waals surface area contributed by atoms with Crippen LogP contribution in [0, 0.1) is 11.3 Å². The van der Waals surface area contributed by atoms with E-state index in [9.17, 15) is 13.2 Å². The van der Waals surface area contributed by atoms with E-state index < -0.39 is 11.7 Å². The lowest BCUT2D eigenvalue weighted by atomic mass is 9.94. The second-order valence-corrected chi connectivity index (χ2v) is 3.72. The van der Waals surface area contributed by atoms with E-state index in [4.69, 9.17) is 5.26 Å². The van der Waals surface area contributed by atoms with Crippen molar-refractivity contribution in [1.29, 1.82) is 5.26 Å². The predicted octanol–water partition coefficient (Wildman–Crippen LogP) is 4.09. The maximum absolute atomic E-state index is 12.5. The fraction of sp³-hybridized carbons (Fsp3) is 0.417. The van der Waals surface area contributed by atoms with E-state index in [1.807, 2.05) is 13.8 Å². The van der Waals surface area contributed by atoms with Crippen molar-refractivity contribution in [2.45, 2.75) is 32.4 Å². The summed E-state index contributed by atoms with van der Waals surface area (Å²) in [4.78, 5) is 0. The van der Waals surface area contributed by atoms with E-state index in [2.05, 4.69) is 0 Å². The predicted molar refractivity (Wildman–Crippen MR) is 54.9 cm³/mol. The highest BCUT2D eigenvalue weighted by atomic mass is 19.4. The first-order chi connectivity index (χ1) is 7.40. The van der Waals surface area contributed by atoms with Gasteiger partial charge in [-0.1, -0.05) is 19.9 Å². The second kappa shape index (κ2) is 4.56. The standard InChI is InChI=1S/C12H12F3N/c1-3-8(2)9-4-5-11(12(13,14)15)10(6-9)7-16/h4-6,8H,3H2,1-2H3. The maximum atomic E-state index is 12.5. The molecule has 0 N–H and O–H groups in total. The molecule has 1 unspecified atom stereocenters. The molecule has 0 bridgehead atoms. The van der Waals surface area contributed by atoms with Crippen LogP contribution in [0.4, 0.5) is 13.2 Å². The third-order valence-electron chi connectivity index (χ3n) is 2.65. The van der Waals surface area contributed by atoms with Crippen molar-refractivity contribution in [3.05, 3.63) is 34.9 Å². The van der Waals surface area contributed by atoms with Gasteiger partial charge in [0.1, 0.15) is 0 Å². The first-order valence-corrected chi connectivity index (χ1v) is 5.01. The highest BCUT2D eigenvalue weighted by Crippen LogP contribution is 2.33. The molecule has 1 aromatic rings. The largest absolute Gasteiger partial charge is 0.417 e. The fourth-order valence-corrected chi connectivity index (χ4v) is 1.44. The first kappa shape index (κ1) is 12.6. The molecule has 0 heterocycles. The van der Waals surface area contributed by atoms with Crippen molar-refractivity contribution in [1.82, 2.24) is 0 Å². The minimum Gasteiger partial charge on any atom is -0.192 e. The Morgan fingerprint density at radius 2 is 2.00 bits per heavy atom. The minimum absolute atomic E-state index is 0.161. The molecule has 16 heavy (non-hydrogen) atoms. The summed E-state index contributed by atoms with van der Waals surface area (Å²) in [5.41, 5.74) is -0.389. The highest BCUT2D eigenvalue weighted by molar-refractivity contribution is 5.43. The Morgan fingerprint density at radius 3 is 2.44 bits per heavy atom. The van der Waals surface area contributed by atoms with Gasteiger partial charge in [0.2, 0.25) is 0 Å². The summed E-state index contributed by atoms with van der Waals surface area (Å²) in [7, 11) is 0. The molecule has 0 aliphatic rings. The van der Waals surface area contributed by atoms with Crippen LogP contribution in [0.5, 0.6) is 0 Å². The molecule has 0 saturated carbocycles. The van der Waals surface area contributed by atoms with Gasteiger partial charge >= 0.3 is 6.18 Å². The Morgan fingerprint density at radius 1 is 1.38 bits per heavy atom. The molecule has 0 aliphatic carbocycles. The molecule has 0 spiro atoms. The van der Waals surface area contributed by atoms with E-state index in [1.165, 1.54) is 12.1 Å². The second-order valence-electron chi connectivity index (χ2n) is 3.72. The lowest BCUT2D eigenvalue weighted by molar-refractivity contribution is -0.137. The third kappa shape index (κ3) is 2.54. The summed E-state index contributed by atoms with van der Waals surface area (Å²) >= 11 is 0. The van der Waals surface area contributed by atoms with Crippen LogP contribution in [0.15, 0.2) is 18.2 Å².